The van der Waals surface area contributed by atoms with Crippen molar-refractivity contribution in [2.24, 2.45) is 5.41 Å². The first-order chi connectivity index (χ1) is 7.06. The first-order valence-electron chi connectivity index (χ1n) is 5.65. The van der Waals surface area contributed by atoms with Crippen LogP contribution in [0.2, 0.25) is 0 Å². The summed E-state index contributed by atoms with van der Waals surface area (Å²) in [7, 11) is 0. The molecule has 0 radical (unpaired) electrons. The van der Waals surface area contributed by atoms with Crippen LogP contribution in [-0.2, 0) is 9.53 Å². The Bertz CT molecular complexity index is 211. The van der Waals surface area contributed by atoms with E-state index in [9.17, 15) is 4.79 Å². The lowest BCUT2D eigenvalue weighted by atomic mass is 9.92. The second-order valence-corrected chi connectivity index (χ2v) is 4.68. The molecule has 1 aliphatic rings. The highest BCUT2D eigenvalue weighted by atomic mass is 16.5. The summed E-state index contributed by atoms with van der Waals surface area (Å²) in [5.74, 6) is 0.108. The molecule has 0 aromatic carbocycles. The Morgan fingerprint density at radius 2 is 2.27 bits per heavy atom. The number of carbonyl (C=O) groups is 1. The normalized spacial score (nSPS) is 21.7. The minimum atomic E-state index is -0.349. The second-order valence-electron chi connectivity index (χ2n) is 4.68. The standard InChI is InChI=1S/C11H22N2O2/c1-4-12-10(14)11(2,3)8-13-9-5-6-15-7-9/h9,13H,4-8H2,1-3H3,(H,12,14). The third-order valence-corrected chi connectivity index (χ3v) is 2.71. The Balaban J connectivity index is 2.30. The van der Waals surface area contributed by atoms with Crippen molar-refractivity contribution < 1.29 is 9.53 Å². The van der Waals surface area contributed by atoms with E-state index in [1.807, 2.05) is 20.8 Å². The van der Waals surface area contributed by atoms with Crippen molar-refractivity contribution in [3.63, 3.8) is 0 Å². The molecule has 88 valence electrons. The van der Waals surface area contributed by atoms with Crippen LogP contribution < -0.4 is 10.6 Å². The summed E-state index contributed by atoms with van der Waals surface area (Å²) in [5.41, 5.74) is -0.349. The molecule has 0 saturated carbocycles. The van der Waals surface area contributed by atoms with Crippen molar-refractivity contribution in [3.8, 4) is 0 Å². The Morgan fingerprint density at radius 1 is 1.53 bits per heavy atom. The van der Waals surface area contributed by atoms with Crippen LogP contribution in [-0.4, -0.2) is 38.3 Å². The van der Waals surface area contributed by atoms with E-state index in [1.165, 1.54) is 0 Å². The average Bonchev–Trinajstić information content (AvgIpc) is 2.68. The predicted octanol–water partition coefficient (Wildman–Crippen LogP) is 0.527. The fourth-order valence-electron chi connectivity index (χ4n) is 1.58. The van der Waals surface area contributed by atoms with Gasteiger partial charge in [-0.15, -0.1) is 0 Å². The van der Waals surface area contributed by atoms with Crippen LogP contribution in [0.25, 0.3) is 0 Å². The zero-order valence-electron chi connectivity index (χ0n) is 9.93. The molecule has 1 aliphatic heterocycles. The van der Waals surface area contributed by atoms with Crippen LogP contribution in [0.3, 0.4) is 0 Å². The van der Waals surface area contributed by atoms with Crippen LogP contribution >= 0.6 is 0 Å². The molecule has 1 heterocycles. The van der Waals surface area contributed by atoms with Crippen LogP contribution in [0, 0.1) is 5.41 Å². The zero-order valence-corrected chi connectivity index (χ0v) is 9.93. The summed E-state index contributed by atoms with van der Waals surface area (Å²) in [5, 5.41) is 6.23. The molecule has 0 aromatic heterocycles. The van der Waals surface area contributed by atoms with Gasteiger partial charge in [0.2, 0.25) is 5.91 Å². The van der Waals surface area contributed by atoms with Gasteiger partial charge in [0.25, 0.3) is 0 Å². The molecule has 1 amide bonds. The number of ether oxygens (including phenoxy) is 1. The molecule has 0 spiro atoms. The Hall–Kier alpha value is -0.610. The van der Waals surface area contributed by atoms with Crippen LogP contribution in [0.5, 0.6) is 0 Å². The summed E-state index contributed by atoms with van der Waals surface area (Å²) in [6.45, 7) is 8.85. The molecule has 1 rings (SSSR count). The molecule has 4 nitrogen and oxygen atoms in total. The Labute approximate surface area is 91.8 Å². The first kappa shape index (κ1) is 12.5. The molecule has 4 heteroatoms. The molecule has 0 aromatic rings. The molecule has 1 saturated heterocycles. The van der Waals surface area contributed by atoms with Gasteiger partial charge in [-0.25, -0.2) is 0 Å². The van der Waals surface area contributed by atoms with Gasteiger partial charge in [0.1, 0.15) is 0 Å². The predicted molar refractivity (Wildman–Crippen MR) is 59.7 cm³/mol. The molecular formula is C11H22N2O2. The minimum Gasteiger partial charge on any atom is -0.380 e. The second kappa shape index (κ2) is 5.47. The van der Waals surface area contributed by atoms with Gasteiger partial charge >= 0.3 is 0 Å². The van der Waals surface area contributed by atoms with Gasteiger partial charge in [0, 0.05) is 25.7 Å². The van der Waals surface area contributed by atoms with E-state index in [1.54, 1.807) is 0 Å². The maximum absolute atomic E-state index is 11.7. The fraction of sp³-hybridized carbons (Fsp3) is 0.909. The Kier molecular flexibility index (Phi) is 4.54. The van der Waals surface area contributed by atoms with E-state index in [0.717, 1.165) is 19.6 Å². The molecule has 1 fully saturated rings. The highest BCUT2D eigenvalue weighted by molar-refractivity contribution is 5.81. The number of amides is 1. The summed E-state index contributed by atoms with van der Waals surface area (Å²) >= 11 is 0. The van der Waals surface area contributed by atoms with Crippen molar-refractivity contribution in [1.82, 2.24) is 10.6 Å². The smallest absolute Gasteiger partial charge is 0.226 e. The van der Waals surface area contributed by atoms with E-state index in [2.05, 4.69) is 10.6 Å². The zero-order chi connectivity index (χ0) is 11.3. The van der Waals surface area contributed by atoms with E-state index in [4.69, 9.17) is 4.74 Å². The number of rotatable bonds is 5. The average molecular weight is 214 g/mol. The van der Waals surface area contributed by atoms with E-state index in [-0.39, 0.29) is 11.3 Å². The van der Waals surface area contributed by atoms with Gasteiger partial charge in [-0.05, 0) is 27.2 Å². The fourth-order valence-corrected chi connectivity index (χ4v) is 1.58. The largest absolute Gasteiger partial charge is 0.380 e. The highest BCUT2D eigenvalue weighted by Gasteiger charge is 2.28. The molecule has 0 aliphatic carbocycles. The van der Waals surface area contributed by atoms with Crippen molar-refractivity contribution in [1.29, 1.82) is 0 Å². The van der Waals surface area contributed by atoms with Crippen molar-refractivity contribution in [2.45, 2.75) is 33.2 Å². The van der Waals surface area contributed by atoms with E-state index < -0.39 is 0 Å². The van der Waals surface area contributed by atoms with Crippen molar-refractivity contribution >= 4 is 5.91 Å². The first-order valence-corrected chi connectivity index (χ1v) is 5.65. The lowest BCUT2D eigenvalue weighted by molar-refractivity contribution is -0.129. The summed E-state index contributed by atoms with van der Waals surface area (Å²) in [6.07, 6.45) is 1.05. The van der Waals surface area contributed by atoms with Gasteiger partial charge < -0.3 is 15.4 Å². The lowest BCUT2D eigenvalue weighted by Crippen LogP contribution is -2.46. The van der Waals surface area contributed by atoms with Gasteiger partial charge in [0.15, 0.2) is 0 Å². The van der Waals surface area contributed by atoms with Gasteiger partial charge in [-0.2, -0.15) is 0 Å². The third-order valence-electron chi connectivity index (χ3n) is 2.71. The van der Waals surface area contributed by atoms with E-state index in [0.29, 0.717) is 19.1 Å². The molecule has 1 unspecified atom stereocenters. The quantitative estimate of drug-likeness (QED) is 0.702. The van der Waals surface area contributed by atoms with Crippen molar-refractivity contribution in [3.05, 3.63) is 0 Å². The molecule has 0 bridgehead atoms. The molecular weight excluding hydrogens is 192 g/mol. The SMILES string of the molecule is CCNC(=O)C(C)(C)CNC1CCOC1. The van der Waals surface area contributed by atoms with Crippen molar-refractivity contribution in [2.75, 3.05) is 26.3 Å². The summed E-state index contributed by atoms with van der Waals surface area (Å²) < 4.78 is 5.27. The van der Waals surface area contributed by atoms with E-state index >= 15 is 0 Å². The summed E-state index contributed by atoms with van der Waals surface area (Å²) in [6, 6.07) is 0.415. The Morgan fingerprint density at radius 3 is 2.80 bits per heavy atom. The van der Waals surface area contributed by atoms with Crippen LogP contribution in [0.15, 0.2) is 0 Å². The molecule has 1 atom stereocenters. The maximum Gasteiger partial charge on any atom is 0.226 e. The number of hydrogen-bond acceptors (Lipinski definition) is 3. The maximum atomic E-state index is 11.7. The summed E-state index contributed by atoms with van der Waals surface area (Å²) in [4.78, 5) is 11.7. The number of nitrogens with one attached hydrogen (secondary N) is 2. The topological polar surface area (TPSA) is 50.4 Å². The monoisotopic (exact) mass is 214 g/mol. The van der Waals surface area contributed by atoms with Gasteiger partial charge in [-0.3, -0.25) is 4.79 Å². The van der Waals surface area contributed by atoms with Crippen LogP contribution in [0.1, 0.15) is 27.2 Å². The lowest BCUT2D eigenvalue weighted by Gasteiger charge is -2.25. The molecule has 15 heavy (non-hydrogen) atoms. The van der Waals surface area contributed by atoms with Crippen LogP contribution in [0.4, 0.5) is 0 Å². The number of hydrogen-bond donors (Lipinski definition) is 2. The third kappa shape index (κ3) is 3.80. The van der Waals surface area contributed by atoms with Gasteiger partial charge in [-0.1, -0.05) is 0 Å². The van der Waals surface area contributed by atoms with Gasteiger partial charge in [0.05, 0.1) is 12.0 Å². The molecule has 2 N–H and O–H groups in total. The number of carbonyl (C=O) groups excluding carboxylic acids is 1. The minimum absolute atomic E-state index is 0.108. The highest BCUT2D eigenvalue weighted by Crippen LogP contribution is 2.15.